The fraction of sp³-hybridized carbons (Fsp3) is 0.529. The van der Waals surface area contributed by atoms with Gasteiger partial charge in [-0.15, -0.1) is 0 Å². The molecular weight excluding hydrogens is 308 g/mol. The summed E-state index contributed by atoms with van der Waals surface area (Å²) in [4.78, 5) is 22.3. The summed E-state index contributed by atoms with van der Waals surface area (Å²) in [6.45, 7) is 5.54. The zero-order chi connectivity index (χ0) is 16.9. The Kier molecular flexibility index (Phi) is 5.20. The normalized spacial score (nSPS) is 18.1. The molecular formula is C17H22N4O3. The van der Waals surface area contributed by atoms with Gasteiger partial charge in [-0.2, -0.15) is 4.98 Å². The maximum absolute atomic E-state index is 12.1. The van der Waals surface area contributed by atoms with Gasteiger partial charge in [0.2, 0.25) is 11.7 Å². The predicted octanol–water partition coefficient (Wildman–Crippen LogP) is 2.30. The summed E-state index contributed by atoms with van der Waals surface area (Å²) in [5, 5.41) is 3.96. The number of rotatable bonds is 5. The first kappa shape index (κ1) is 16.6. The minimum atomic E-state index is 0.0118. The number of ether oxygens (including phenoxy) is 1. The van der Waals surface area contributed by atoms with E-state index in [4.69, 9.17) is 9.26 Å². The Morgan fingerprint density at radius 1 is 1.42 bits per heavy atom. The van der Waals surface area contributed by atoms with Gasteiger partial charge in [-0.25, -0.2) is 0 Å². The third-order valence-corrected chi connectivity index (χ3v) is 4.03. The lowest BCUT2D eigenvalue weighted by molar-refractivity contribution is -0.139. The minimum absolute atomic E-state index is 0.0118. The van der Waals surface area contributed by atoms with Crippen molar-refractivity contribution in [2.24, 2.45) is 5.92 Å². The van der Waals surface area contributed by atoms with Crippen molar-refractivity contribution in [1.82, 2.24) is 20.0 Å². The molecule has 1 fully saturated rings. The molecule has 0 saturated carbocycles. The van der Waals surface area contributed by atoms with Gasteiger partial charge >= 0.3 is 0 Å². The number of nitrogens with zero attached hydrogens (tertiary/aromatic N) is 4. The predicted molar refractivity (Wildman–Crippen MR) is 86.8 cm³/mol. The largest absolute Gasteiger partial charge is 0.367 e. The van der Waals surface area contributed by atoms with Crippen LogP contribution in [-0.2, 0) is 16.1 Å². The zero-order valence-corrected chi connectivity index (χ0v) is 14.0. The average molecular weight is 330 g/mol. The van der Waals surface area contributed by atoms with Gasteiger partial charge in [-0.05, 0) is 25.0 Å². The zero-order valence-electron chi connectivity index (χ0n) is 14.0. The van der Waals surface area contributed by atoms with Crippen molar-refractivity contribution in [2.45, 2.75) is 39.4 Å². The highest BCUT2D eigenvalue weighted by Crippen LogP contribution is 2.18. The van der Waals surface area contributed by atoms with E-state index in [2.05, 4.69) is 15.1 Å². The van der Waals surface area contributed by atoms with Gasteiger partial charge in [0, 0.05) is 37.0 Å². The molecule has 3 rings (SSSR count). The molecule has 128 valence electrons. The quantitative estimate of drug-likeness (QED) is 0.836. The molecule has 0 spiro atoms. The van der Waals surface area contributed by atoms with Gasteiger partial charge in [0.1, 0.15) is 6.61 Å². The van der Waals surface area contributed by atoms with Crippen LogP contribution in [0.1, 0.15) is 32.6 Å². The number of hydrogen-bond donors (Lipinski definition) is 0. The Balaban J connectivity index is 1.54. The molecule has 7 heteroatoms. The summed E-state index contributed by atoms with van der Waals surface area (Å²) >= 11 is 0. The van der Waals surface area contributed by atoms with Gasteiger partial charge in [0.05, 0.1) is 6.10 Å². The van der Waals surface area contributed by atoms with E-state index < -0.39 is 0 Å². The fourth-order valence-corrected chi connectivity index (χ4v) is 2.76. The van der Waals surface area contributed by atoms with Crippen molar-refractivity contribution in [3.8, 4) is 11.4 Å². The SMILES string of the molecule is CC(C)C(=O)N1CCCC(OCc2nc(-c3ccncc3)no2)C1. The first-order valence-corrected chi connectivity index (χ1v) is 8.27. The molecule has 0 bridgehead atoms. The molecule has 1 unspecified atom stereocenters. The van der Waals surface area contributed by atoms with Crippen LogP contribution in [-0.4, -0.2) is 45.1 Å². The lowest BCUT2D eigenvalue weighted by atomic mass is 10.1. The van der Waals surface area contributed by atoms with Crippen LogP contribution in [0.4, 0.5) is 0 Å². The number of amides is 1. The second-order valence-electron chi connectivity index (χ2n) is 6.26. The van der Waals surface area contributed by atoms with Crippen LogP contribution < -0.4 is 0 Å². The summed E-state index contributed by atoms with van der Waals surface area (Å²) in [7, 11) is 0. The molecule has 0 aromatic carbocycles. The van der Waals surface area contributed by atoms with Crippen molar-refractivity contribution < 1.29 is 14.1 Å². The second-order valence-corrected chi connectivity index (χ2v) is 6.26. The van der Waals surface area contributed by atoms with Crippen molar-refractivity contribution in [3.05, 3.63) is 30.4 Å². The van der Waals surface area contributed by atoms with E-state index in [0.717, 1.165) is 24.9 Å². The van der Waals surface area contributed by atoms with Crippen LogP contribution >= 0.6 is 0 Å². The third-order valence-electron chi connectivity index (χ3n) is 4.03. The fourth-order valence-electron chi connectivity index (χ4n) is 2.76. The molecule has 3 heterocycles. The van der Waals surface area contributed by atoms with E-state index in [1.54, 1.807) is 12.4 Å². The van der Waals surface area contributed by atoms with E-state index in [1.807, 2.05) is 30.9 Å². The van der Waals surface area contributed by atoms with Crippen LogP contribution in [0.3, 0.4) is 0 Å². The van der Waals surface area contributed by atoms with Crippen molar-refractivity contribution in [1.29, 1.82) is 0 Å². The Bertz CT molecular complexity index is 671. The van der Waals surface area contributed by atoms with E-state index in [1.165, 1.54) is 0 Å². The van der Waals surface area contributed by atoms with Gasteiger partial charge in [-0.3, -0.25) is 9.78 Å². The lowest BCUT2D eigenvalue weighted by Gasteiger charge is -2.33. The van der Waals surface area contributed by atoms with Crippen LogP contribution in [0.5, 0.6) is 0 Å². The molecule has 7 nitrogen and oxygen atoms in total. The highest BCUT2D eigenvalue weighted by Gasteiger charge is 2.26. The Morgan fingerprint density at radius 2 is 2.21 bits per heavy atom. The Morgan fingerprint density at radius 3 is 2.96 bits per heavy atom. The van der Waals surface area contributed by atoms with Gasteiger partial charge in [0.25, 0.3) is 5.89 Å². The highest BCUT2D eigenvalue weighted by molar-refractivity contribution is 5.78. The smallest absolute Gasteiger partial charge is 0.252 e. The number of hydrogen-bond acceptors (Lipinski definition) is 6. The molecule has 1 aliphatic heterocycles. The summed E-state index contributed by atoms with van der Waals surface area (Å²) in [5.74, 6) is 1.16. The molecule has 2 aromatic rings. The number of piperidine rings is 1. The number of pyridine rings is 1. The summed E-state index contributed by atoms with van der Waals surface area (Å²) < 4.78 is 11.1. The maximum Gasteiger partial charge on any atom is 0.252 e. The molecule has 1 aliphatic rings. The molecule has 0 radical (unpaired) electrons. The molecule has 1 atom stereocenters. The van der Waals surface area contributed by atoms with E-state index in [0.29, 0.717) is 18.3 Å². The summed E-state index contributed by atoms with van der Waals surface area (Å²) in [6.07, 6.45) is 5.27. The first-order chi connectivity index (χ1) is 11.6. The van der Waals surface area contributed by atoms with Gasteiger partial charge in [-0.1, -0.05) is 19.0 Å². The van der Waals surface area contributed by atoms with Crippen LogP contribution in [0.2, 0.25) is 0 Å². The number of aromatic nitrogens is 3. The third kappa shape index (κ3) is 3.97. The molecule has 0 N–H and O–H groups in total. The lowest BCUT2D eigenvalue weighted by Crippen LogP contribution is -2.44. The summed E-state index contributed by atoms with van der Waals surface area (Å²) in [5.41, 5.74) is 0.853. The van der Waals surface area contributed by atoms with E-state index >= 15 is 0 Å². The number of likely N-dealkylation sites (tertiary alicyclic amines) is 1. The van der Waals surface area contributed by atoms with Crippen LogP contribution in [0.15, 0.2) is 29.0 Å². The molecule has 24 heavy (non-hydrogen) atoms. The van der Waals surface area contributed by atoms with Gasteiger partial charge in [0.15, 0.2) is 0 Å². The topological polar surface area (TPSA) is 81.4 Å². The van der Waals surface area contributed by atoms with Crippen LogP contribution in [0, 0.1) is 5.92 Å². The van der Waals surface area contributed by atoms with Crippen LogP contribution in [0.25, 0.3) is 11.4 Å². The molecule has 1 amide bonds. The Labute approximate surface area is 141 Å². The monoisotopic (exact) mass is 330 g/mol. The Hall–Kier alpha value is -2.28. The van der Waals surface area contributed by atoms with Crippen molar-refractivity contribution in [3.63, 3.8) is 0 Å². The van der Waals surface area contributed by atoms with Crippen molar-refractivity contribution >= 4 is 5.91 Å². The van der Waals surface area contributed by atoms with Crippen molar-refractivity contribution in [2.75, 3.05) is 13.1 Å². The average Bonchev–Trinajstić information content (AvgIpc) is 3.09. The molecule has 0 aliphatic carbocycles. The minimum Gasteiger partial charge on any atom is -0.367 e. The molecule has 2 aromatic heterocycles. The number of carbonyl (C=O) groups is 1. The maximum atomic E-state index is 12.1. The van der Waals surface area contributed by atoms with Gasteiger partial charge < -0.3 is 14.2 Å². The first-order valence-electron chi connectivity index (χ1n) is 8.27. The standard InChI is InChI=1S/C17H22N4O3/c1-12(2)17(22)21-9-3-4-14(10-21)23-11-15-19-16(20-24-15)13-5-7-18-8-6-13/h5-8,12,14H,3-4,9-11H2,1-2H3. The highest BCUT2D eigenvalue weighted by atomic mass is 16.5. The second kappa shape index (κ2) is 7.53. The number of carbonyl (C=O) groups excluding carboxylic acids is 1. The summed E-state index contributed by atoms with van der Waals surface area (Å²) in [6, 6.07) is 3.65. The van der Waals surface area contributed by atoms with E-state index in [-0.39, 0.29) is 24.5 Å². The molecule has 1 saturated heterocycles. The van der Waals surface area contributed by atoms with E-state index in [9.17, 15) is 4.79 Å².